The molecule has 2 aromatic rings. The largest absolute Gasteiger partial charge is 0.494 e. The average Bonchev–Trinajstić information content (AvgIpc) is 2.85. The lowest BCUT2D eigenvalue weighted by Crippen LogP contribution is -2.01. The molecule has 182 valence electrons. The maximum atomic E-state index is 5.82. The number of hydrogen-bond acceptors (Lipinski definition) is 5. The maximum Gasteiger partial charge on any atom is 0.159 e. The minimum atomic E-state index is 0.550. The van der Waals surface area contributed by atoms with Crippen LogP contribution in [0.15, 0.2) is 48.8 Å². The van der Waals surface area contributed by atoms with Gasteiger partial charge in [-0.05, 0) is 56.4 Å². The second kappa shape index (κ2) is 18.1. The zero-order valence-electron chi connectivity index (χ0n) is 20.6. The molecule has 0 atom stereocenters. The standard InChI is InChI=1S/C28H42N2O3/c1-3-5-7-8-9-10-11-12-21-33-27-23-29-28(30-24-27)25-15-17-26(18-16-25)32-22-14-13-20-31-19-6-4-2/h11-12,15-18,23-24H,3-10,13-14,19-22H2,1-2H3/b12-11+. The Morgan fingerprint density at radius 1 is 0.667 bits per heavy atom. The molecule has 1 aromatic heterocycles. The lowest BCUT2D eigenvalue weighted by molar-refractivity contribution is 0.123. The van der Waals surface area contributed by atoms with Crippen molar-refractivity contribution >= 4 is 0 Å². The van der Waals surface area contributed by atoms with Crippen molar-refractivity contribution in [1.82, 2.24) is 9.97 Å². The van der Waals surface area contributed by atoms with Crippen LogP contribution in [0.5, 0.6) is 11.5 Å². The molecule has 0 aliphatic heterocycles. The van der Waals surface area contributed by atoms with E-state index in [0.29, 0.717) is 24.8 Å². The normalized spacial score (nSPS) is 11.2. The van der Waals surface area contributed by atoms with Crippen LogP contribution in [0, 0.1) is 0 Å². The van der Waals surface area contributed by atoms with Crippen molar-refractivity contribution in [3.63, 3.8) is 0 Å². The molecule has 0 N–H and O–H groups in total. The Bertz CT molecular complexity index is 745. The minimum absolute atomic E-state index is 0.550. The molecule has 1 aromatic carbocycles. The molecule has 1 heterocycles. The van der Waals surface area contributed by atoms with Gasteiger partial charge in [0.2, 0.25) is 0 Å². The summed E-state index contributed by atoms with van der Waals surface area (Å²) in [6.07, 6.45) is 19.7. The van der Waals surface area contributed by atoms with E-state index in [1.165, 1.54) is 38.5 Å². The van der Waals surface area contributed by atoms with Crippen molar-refractivity contribution in [3.8, 4) is 22.9 Å². The highest BCUT2D eigenvalue weighted by molar-refractivity contribution is 5.56. The molecule has 5 nitrogen and oxygen atoms in total. The Balaban J connectivity index is 1.62. The first-order valence-electron chi connectivity index (χ1n) is 12.7. The molecule has 0 aliphatic carbocycles. The molecule has 5 heteroatoms. The van der Waals surface area contributed by atoms with Crippen LogP contribution in [0.25, 0.3) is 11.4 Å². The summed E-state index contributed by atoms with van der Waals surface area (Å²) in [5, 5.41) is 0. The number of ether oxygens (including phenoxy) is 3. The second-order valence-corrected chi connectivity index (χ2v) is 8.27. The fourth-order valence-corrected chi connectivity index (χ4v) is 3.28. The van der Waals surface area contributed by atoms with E-state index < -0.39 is 0 Å². The quantitative estimate of drug-likeness (QED) is 0.163. The van der Waals surface area contributed by atoms with Crippen molar-refractivity contribution in [3.05, 3.63) is 48.8 Å². The molecule has 33 heavy (non-hydrogen) atoms. The van der Waals surface area contributed by atoms with Gasteiger partial charge in [0, 0.05) is 18.8 Å². The molecule has 0 saturated carbocycles. The van der Waals surface area contributed by atoms with Crippen LogP contribution in [-0.2, 0) is 4.74 Å². The van der Waals surface area contributed by atoms with E-state index in [1.54, 1.807) is 12.4 Å². The predicted octanol–water partition coefficient (Wildman–Crippen LogP) is 7.41. The van der Waals surface area contributed by atoms with Gasteiger partial charge < -0.3 is 14.2 Å². The van der Waals surface area contributed by atoms with E-state index in [2.05, 4.69) is 36.0 Å². The van der Waals surface area contributed by atoms with Gasteiger partial charge in [-0.25, -0.2) is 9.97 Å². The molecule has 0 radical (unpaired) electrons. The Hall–Kier alpha value is -2.40. The highest BCUT2D eigenvalue weighted by Crippen LogP contribution is 2.20. The third kappa shape index (κ3) is 12.4. The third-order valence-electron chi connectivity index (χ3n) is 5.32. The average molecular weight is 455 g/mol. The lowest BCUT2D eigenvalue weighted by atomic mass is 10.1. The zero-order valence-corrected chi connectivity index (χ0v) is 20.6. The smallest absolute Gasteiger partial charge is 0.159 e. The maximum absolute atomic E-state index is 5.82. The highest BCUT2D eigenvalue weighted by atomic mass is 16.5. The summed E-state index contributed by atoms with van der Waals surface area (Å²) in [6, 6.07) is 7.91. The zero-order chi connectivity index (χ0) is 23.4. The summed E-state index contributed by atoms with van der Waals surface area (Å²) in [7, 11) is 0. The van der Waals surface area contributed by atoms with Crippen molar-refractivity contribution in [2.24, 2.45) is 0 Å². The van der Waals surface area contributed by atoms with Crippen molar-refractivity contribution in [2.75, 3.05) is 26.4 Å². The number of rotatable bonds is 19. The van der Waals surface area contributed by atoms with Crippen molar-refractivity contribution in [1.29, 1.82) is 0 Å². The topological polar surface area (TPSA) is 53.5 Å². The molecular formula is C28H42N2O3. The van der Waals surface area contributed by atoms with Crippen LogP contribution in [0.4, 0.5) is 0 Å². The van der Waals surface area contributed by atoms with Gasteiger partial charge in [0.1, 0.15) is 12.4 Å². The fraction of sp³-hybridized carbons (Fsp3) is 0.571. The summed E-state index contributed by atoms with van der Waals surface area (Å²) in [6.45, 7) is 7.35. The van der Waals surface area contributed by atoms with E-state index in [-0.39, 0.29) is 0 Å². The first-order valence-corrected chi connectivity index (χ1v) is 12.7. The van der Waals surface area contributed by atoms with E-state index in [9.17, 15) is 0 Å². The molecule has 2 rings (SSSR count). The van der Waals surface area contributed by atoms with Gasteiger partial charge in [-0.3, -0.25) is 0 Å². The summed E-state index contributed by atoms with van der Waals surface area (Å²) >= 11 is 0. The number of unbranched alkanes of at least 4 members (excludes halogenated alkanes) is 7. The van der Waals surface area contributed by atoms with Gasteiger partial charge in [-0.15, -0.1) is 0 Å². The first-order chi connectivity index (χ1) is 16.3. The number of allylic oxidation sites excluding steroid dienone is 1. The van der Waals surface area contributed by atoms with Gasteiger partial charge in [-0.2, -0.15) is 0 Å². The summed E-state index contributed by atoms with van der Waals surface area (Å²) in [4.78, 5) is 8.88. The third-order valence-corrected chi connectivity index (χ3v) is 5.32. The van der Waals surface area contributed by atoms with Crippen molar-refractivity contribution < 1.29 is 14.2 Å². The monoisotopic (exact) mass is 454 g/mol. The van der Waals surface area contributed by atoms with Crippen LogP contribution < -0.4 is 9.47 Å². The molecule has 0 saturated heterocycles. The minimum Gasteiger partial charge on any atom is -0.494 e. The van der Waals surface area contributed by atoms with Gasteiger partial charge in [0.15, 0.2) is 11.6 Å². The Morgan fingerprint density at radius 2 is 1.36 bits per heavy atom. The summed E-state index contributed by atoms with van der Waals surface area (Å²) in [5.74, 6) is 2.23. The van der Waals surface area contributed by atoms with E-state index >= 15 is 0 Å². The van der Waals surface area contributed by atoms with E-state index in [0.717, 1.165) is 50.2 Å². The highest BCUT2D eigenvalue weighted by Gasteiger charge is 2.03. The van der Waals surface area contributed by atoms with E-state index in [1.807, 2.05) is 24.3 Å². The number of nitrogens with zero attached hydrogens (tertiary/aromatic N) is 2. The summed E-state index contributed by atoms with van der Waals surface area (Å²) < 4.78 is 17.1. The molecule has 0 fully saturated rings. The number of benzene rings is 1. The molecule has 0 bridgehead atoms. The van der Waals surface area contributed by atoms with Crippen LogP contribution in [0.2, 0.25) is 0 Å². The molecule has 0 unspecified atom stereocenters. The Morgan fingerprint density at radius 3 is 2.12 bits per heavy atom. The summed E-state index contributed by atoms with van der Waals surface area (Å²) in [5.41, 5.74) is 0.959. The predicted molar refractivity (Wildman–Crippen MR) is 136 cm³/mol. The fourth-order valence-electron chi connectivity index (χ4n) is 3.28. The Kier molecular flexibility index (Phi) is 14.7. The lowest BCUT2D eigenvalue weighted by Gasteiger charge is -2.08. The molecule has 0 amide bonds. The van der Waals surface area contributed by atoms with Crippen LogP contribution in [0.1, 0.15) is 78.1 Å². The van der Waals surface area contributed by atoms with Gasteiger partial charge in [0.25, 0.3) is 0 Å². The van der Waals surface area contributed by atoms with Gasteiger partial charge in [-0.1, -0.05) is 58.1 Å². The van der Waals surface area contributed by atoms with Crippen LogP contribution >= 0.6 is 0 Å². The molecular weight excluding hydrogens is 412 g/mol. The number of aromatic nitrogens is 2. The Labute approximate surface area is 200 Å². The van der Waals surface area contributed by atoms with Gasteiger partial charge in [0.05, 0.1) is 19.0 Å². The SMILES string of the molecule is CCCCCCC/C=C/COc1cnc(-c2ccc(OCCCCOCCCC)cc2)nc1. The first kappa shape index (κ1) is 26.8. The van der Waals surface area contributed by atoms with Crippen LogP contribution in [0.3, 0.4) is 0 Å². The van der Waals surface area contributed by atoms with E-state index in [4.69, 9.17) is 14.2 Å². The molecule has 0 spiro atoms. The molecule has 0 aliphatic rings. The number of hydrogen-bond donors (Lipinski definition) is 0. The van der Waals surface area contributed by atoms with Gasteiger partial charge >= 0.3 is 0 Å². The van der Waals surface area contributed by atoms with Crippen LogP contribution in [-0.4, -0.2) is 36.4 Å². The van der Waals surface area contributed by atoms with Crippen molar-refractivity contribution in [2.45, 2.75) is 78.1 Å². The second-order valence-electron chi connectivity index (χ2n) is 8.27.